The molecule has 0 amide bonds. The van der Waals surface area contributed by atoms with E-state index in [2.05, 4.69) is 0 Å². The maximum atomic E-state index is 13.4. The van der Waals surface area contributed by atoms with Gasteiger partial charge in [-0.1, -0.05) is 29.8 Å². The molecule has 90 valence electrons. The van der Waals surface area contributed by atoms with Crippen molar-refractivity contribution in [3.05, 3.63) is 59.7 Å². The highest BCUT2D eigenvalue weighted by Gasteiger charge is 2.05. The van der Waals surface area contributed by atoms with Crippen LogP contribution in [-0.4, -0.2) is 12.2 Å². The van der Waals surface area contributed by atoms with Crippen LogP contribution < -0.4 is 0 Å². The quantitative estimate of drug-likeness (QED) is 0.802. The van der Waals surface area contributed by atoms with Crippen LogP contribution in [0.25, 0.3) is 11.1 Å². The van der Waals surface area contributed by atoms with Gasteiger partial charge in [0.05, 0.1) is 0 Å². The Morgan fingerprint density at radius 3 is 2.00 bits per heavy atom. The molecule has 2 aromatic carbocycles. The summed E-state index contributed by atoms with van der Waals surface area (Å²) in [5.74, 6) is -1.08. The third-order valence-electron chi connectivity index (χ3n) is 2.29. The van der Waals surface area contributed by atoms with E-state index in [-0.39, 0.29) is 0 Å². The number of aliphatic hydroxyl groups excluding tert-OH is 1. The summed E-state index contributed by atoms with van der Waals surface area (Å²) < 4.78 is 26.1. The fourth-order valence-corrected chi connectivity index (χ4v) is 1.46. The Hall–Kier alpha value is -1.74. The fraction of sp³-hybridized carbons (Fsp3) is 0.143. The Morgan fingerprint density at radius 2 is 1.47 bits per heavy atom. The van der Waals surface area contributed by atoms with Gasteiger partial charge in [0.15, 0.2) is 0 Å². The first-order valence-corrected chi connectivity index (χ1v) is 5.13. The van der Waals surface area contributed by atoms with Gasteiger partial charge in [0.25, 0.3) is 0 Å². The molecule has 0 aliphatic rings. The molecular weight excluding hydrogens is 222 g/mol. The Kier molecular flexibility index (Phi) is 4.79. The summed E-state index contributed by atoms with van der Waals surface area (Å²) in [5.41, 5.74) is 2.30. The van der Waals surface area contributed by atoms with Crippen LogP contribution in [0.15, 0.2) is 42.5 Å². The minimum atomic E-state index is -0.552. The second-order valence-corrected chi connectivity index (χ2v) is 3.49. The molecule has 0 unspecified atom stereocenters. The lowest BCUT2D eigenvalue weighted by atomic mass is 10.0. The molecule has 3 heteroatoms. The first kappa shape index (κ1) is 13.3. The Bertz CT molecular complexity index is 478. The molecule has 0 bridgehead atoms. The molecule has 17 heavy (non-hydrogen) atoms. The number of aryl methyl sites for hydroxylation is 1. The molecule has 0 spiro atoms. The van der Waals surface area contributed by atoms with E-state index in [0.717, 1.165) is 24.3 Å². The molecule has 0 saturated heterocycles. The fourth-order valence-electron chi connectivity index (χ4n) is 1.46. The van der Waals surface area contributed by atoms with Crippen molar-refractivity contribution in [2.24, 2.45) is 0 Å². The van der Waals surface area contributed by atoms with E-state index in [1.165, 1.54) is 12.1 Å². The number of aliphatic hydroxyl groups is 1. The third kappa shape index (κ3) is 3.36. The normalized spacial score (nSPS) is 9.47. The van der Waals surface area contributed by atoms with Crippen molar-refractivity contribution < 1.29 is 13.9 Å². The molecule has 0 radical (unpaired) electrons. The average Bonchev–Trinajstić information content (AvgIpc) is 2.33. The van der Waals surface area contributed by atoms with Crippen LogP contribution in [0.1, 0.15) is 5.56 Å². The van der Waals surface area contributed by atoms with Gasteiger partial charge in [-0.15, -0.1) is 0 Å². The number of hydrogen-bond acceptors (Lipinski definition) is 1. The highest BCUT2D eigenvalue weighted by molar-refractivity contribution is 5.64. The van der Waals surface area contributed by atoms with Crippen LogP contribution in [0.4, 0.5) is 8.78 Å². The maximum absolute atomic E-state index is 13.4. The number of benzene rings is 2. The molecule has 2 aromatic rings. The third-order valence-corrected chi connectivity index (χ3v) is 2.29. The van der Waals surface area contributed by atoms with Crippen molar-refractivity contribution >= 4 is 0 Å². The summed E-state index contributed by atoms with van der Waals surface area (Å²) in [6, 6.07) is 11.1. The van der Waals surface area contributed by atoms with E-state index in [9.17, 15) is 8.78 Å². The summed E-state index contributed by atoms with van der Waals surface area (Å²) in [7, 11) is 1.00. The van der Waals surface area contributed by atoms with Gasteiger partial charge in [0, 0.05) is 18.7 Å². The topological polar surface area (TPSA) is 20.2 Å². The largest absolute Gasteiger partial charge is 0.400 e. The van der Waals surface area contributed by atoms with Gasteiger partial charge in [0.2, 0.25) is 0 Å². The first-order chi connectivity index (χ1) is 8.16. The van der Waals surface area contributed by atoms with Gasteiger partial charge in [-0.2, -0.15) is 0 Å². The summed E-state index contributed by atoms with van der Waals surface area (Å²) in [4.78, 5) is 0. The Morgan fingerprint density at radius 1 is 0.882 bits per heavy atom. The Balaban J connectivity index is 0.000000686. The zero-order valence-electron chi connectivity index (χ0n) is 9.74. The van der Waals surface area contributed by atoms with Crippen LogP contribution in [0, 0.1) is 18.6 Å². The summed E-state index contributed by atoms with van der Waals surface area (Å²) in [6.07, 6.45) is 0. The molecular formula is C14H14F2O. The van der Waals surface area contributed by atoms with Crippen LogP contribution in [0.3, 0.4) is 0 Å². The van der Waals surface area contributed by atoms with Gasteiger partial charge in [0.1, 0.15) is 11.6 Å². The molecule has 0 fully saturated rings. The van der Waals surface area contributed by atoms with Crippen LogP contribution in [0.5, 0.6) is 0 Å². The lowest BCUT2D eigenvalue weighted by Gasteiger charge is -2.03. The minimum Gasteiger partial charge on any atom is -0.400 e. The van der Waals surface area contributed by atoms with Crippen molar-refractivity contribution in [3.8, 4) is 11.1 Å². The van der Waals surface area contributed by atoms with E-state index in [1.54, 1.807) is 0 Å². The smallest absolute Gasteiger partial charge is 0.133 e. The van der Waals surface area contributed by atoms with Gasteiger partial charge in [-0.3, -0.25) is 0 Å². The van der Waals surface area contributed by atoms with Crippen molar-refractivity contribution in [3.63, 3.8) is 0 Å². The van der Waals surface area contributed by atoms with E-state index >= 15 is 0 Å². The molecule has 1 N–H and O–H groups in total. The lowest BCUT2D eigenvalue weighted by molar-refractivity contribution is 0.399. The van der Waals surface area contributed by atoms with Crippen LogP contribution in [0.2, 0.25) is 0 Å². The standard InChI is InChI=1S/C13H10F2.CH4O/c1-9-2-4-10(5-3-9)12-7-6-11(14)8-13(12)15;1-2/h2-8H,1H3;2H,1H3. The van der Waals surface area contributed by atoms with Crippen molar-refractivity contribution in [1.82, 2.24) is 0 Å². The summed E-state index contributed by atoms with van der Waals surface area (Å²) in [5, 5.41) is 7.00. The molecule has 2 rings (SSSR count). The second-order valence-electron chi connectivity index (χ2n) is 3.49. The lowest BCUT2D eigenvalue weighted by Crippen LogP contribution is -1.86. The first-order valence-electron chi connectivity index (χ1n) is 5.13. The van der Waals surface area contributed by atoms with E-state index in [1.807, 2.05) is 31.2 Å². The number of rotatable bonds is 1. The SMILES string of the molecule is CO.Cc1ccc(-c2ccc(F)cc2F)cc1. The molecule has 0 saturated carbocycles. The van der Waals surface area contributed by atoms with Gasteiger partial charge >= 0.3 is 0 Å². The molecule has 0 aromatic heterocycles. The summed E-state index contributed by atoms with van der Waals surface area (Å²) >= 11 is 0. The monoisotopic (exact) mass is 236 g/mol. The van der Waals surface area contributed by atoms with E-state index < -0.39 is 11.6 Å². The predicted molar refractivity (Wildman–Crippen MR) is 64.7 cm³/mol. The Labute approximate surface area is 99.3 Å². The van der Waals surface area contributed by atoms with Crippen LogP contribution >= 0.6 is 0 Å². The van der Waals surface area contributed by atoms with Crippen molar-refractivity contribution in [2.75, 3.05) is 7.11 Å². The minimum absolute atomic E-state index is 0.427. The van der Waals surface area contributed by atoms with Gasteiger partial charge in [-0.25, -0.2) is 8.78 Å². The maximum Gasteiger partial charge on any atom is 0.133 e. The molecule has 0 aliphatic heterocycles. The zero-order valence-corrected chi connectivity index (χ0v) is 9.74. The van der Waals surface area contributed by atoms with Crippen molar-refractivity contribution in [2.45, 2.75) is 6.92 Å². The van der Waals surface area contributed by atoms with E-state index in [4.69, 9.17) is 5.11 Å². The van der Waals surface area contributed by atoms with E-state index in [0.29, 0.717) is 5.56 Å². The van der Waals surface area contributed by atoms with Crippen LogP contribution in [-0.2, 0) is 0 Å². The second kappa shape index (κ2) is 6.11. The van der Waals surface area contributed by atoms with Gasteiger partial charge < -0.3 is 5.11 Å². The zero-order chi connectivity index (χ0) is 12.8. The van der Waals surface area contributed by atoms with Crippen molar-refractivity contribution in [1.29, 1.82) is 0 Å². The highest BCUT2D eigenvalue weighted by atomic mass is 19.1. The number of halogens is 2. The average molecular weight is 236 g/mol. The predicted octanol–water partition coefficient (Wildman–Crippen LogP) is 3.55. The number of hydrogen-bond donors (Lipinski definition) is 1. The molecule has 0 aliphatic carbocycles. The highest BCUT2D eigenvalue weighted by Crippen LogP contribution is 2.23. The molecule has 1 nitrogen and oxygen atoms in total. The molecule has 0 heterocycles. The van der Waals surface area contributed by atoms with Gasteiger partial charge in [-0.05, 0) is 24.6 Å². The molecule has 0 atom stereocenters. The summed E-state index contributed by atoms with van der Waals surface area (Å²) in [6.45, 7) is 1.96.